The molecule has 0 radical (unpaired) electrons. The van der Waals surface area contributed by atoms with E-state index in [0.717, 1.165) is 5.56 Å². The molecule has 0 aliphatic carbocycles. The minimum absolute atomic E-state index is 0.0112. The smallest absolute Gasteiger partial charge is 0.326 e. The first-order chi connectivity index (χ1) is 10.3. The van der Waals surface area contributed by atoms with Crippen LogP contribution in [0.1, 0.15) is 43.7 Å². The Morgan fingerprint density at radius 1 is 1.18 bits per heavy atom. The molecule has 0 heterocycles. The van der Waals surface area contributed by atoms with Crippen LogP contribution in [0.4, 0.5) is 0 Å². The molecule has 4 N–H and O–H groups in total. The lowest BCUT2D eigenvalue weighted by atomic mass is 10.0. The van der Waals surface area contributed by atoms with Crippen molar-refractivity contribution < 1.29 is 19.5 Å². The summed E-state index contributed by atoms with van der Waals surface area (Å²) in [4.78, 5) is 33.7. The Morgan fingerprint density at radius 3 is 2.23 bits per heavy atom. The molecule has 6 heteroatoms. The number of aliphatic carboxylic acids is 1. The average molecular weight is 306 g/mol. The summed E-state index contributed by atoms with van der Waals surface area (Å²) in [6.07, 6.45) is 0.00174. The summed E-state index contributed by atoms with van der Waals surface area (Å²) in [6, 6.07) is 6.52. The molecule has 0 bridgehead atoms. The van der Waals surface area contributed by atoms with Gasteiger partial charge in [-0.15, -0.1) is 0 Å². The first kappa shape index (κ1) is 17.7. The molecule has 1 atom stereocenters. The van der Waals surface area contributed by atoms with Gasteiger partial charge in [0.1, 0.15) is 6.04 Å². The molecule has 1 aromatic rings. The van der Waals surface area contributed by atoms with Crippen LogP contribution in [0.3, 0.4) is 0 Å². The number of carbonyl (C=O) groups is 3. The molecule has 120 valence electrons. The van der Waals surface area contributed by atoms with Gasteiger partial charge in [-0.25, -0.2) is 4.79 Å². The number of nitrogens with two attached hydrogens (primary N) is 1. The van der Waals surface area contributed by atoms with Gasteiger partial charge in [-0.05, 0) is 23.5 Å². The second-order valence-corrected chi connectivity index (χ2v) is 5.54. The minimum atomic E-state index is -1.18. The maximum Gasteiger partial charge on any atom is 0.326 e. The van der Waals surface area contributed by atoms with E-state index in [1.807, 2.05) is 24.3 Å². The summed E-state index contributed by atoms with van der Waals surface area (Å²) >= 11 is 0. The summed E-state index contributed by atoms with van der Waals surface area (Å²) in [7, 11) is 0. The highest BCUT2D eigenvalue weighted by molar-refractivity contribution is 5.85. The van der Waals surface area contributed by atoms with Gasteiger partial charge in [-0.2, -0.15) is 0 Å². The highest BCUT2D eigenvalue weighted by atomic mass is 16.4. The predicted molar refractivity (Wildman–Crippen MR) is 82.2 cm³/mol. The first-order valence-corrected chi connectivity index (χ1v) is 7.19. The Morgan fingerprint density at radius 2 is 1.77 bits per heavy atom. The Bertz CT molecular complexity index is 538. The molecule has 0 fully saturated rings. The van der Waals surface area contributed by atoms with Crippen LogP contribution in [0.5, 0.6) is 0 Å². The highest BCUT2D eigenvalue weighted by Crippen LogP contribution is 2.15. The van der Waals surface area contributed by atoms with Crippen LogP contribution in [-0.4, -0.2) is 28.9 Å². The van der Waals surface area contributed by atoms with Crippen molar-refractivity contribution in [2.75, 3.05) is 0 Å². The van der Waals surface area contributed by atoms with Gasteiger partial charge in [-0.3, -0.25) is 9.59 Å². The quantitative estimate of drug-likeness (QED) is 0.670. The van der Waals surface area contributed by atoms with Crippen molar-refractivity contribution in [2.24, 2.45) is 5.73 Å². The fourth-order valence-corrected chi connectivity index (χ4v) is 2.00. The van der Waals surface area contributed by atoms with Crippen molar-refractivity contribution in [3.05, 3.63) is 35.4 Å². The van der Waals surface area contributed by atoms with Crippen molar-refractivity contribution in [1.29, 1.82) is 0 Å². The number of benzene rings is 1. The maximum absolute atomic E-state index is 11.9. The Balaban J connectivity index is 2.59. The van der Waals surface area contributed by atoms with Gasteiger partial charge in [-0.1, -0.05) is 38.1 Å². The molecule has 1 aromatic carbocycles. The molecule has 0 unspecified atom stereocenters. The molecule has 0 saturated heterocycles. The van der Waals surface area contributed by atoms with Gasteiger partial charge in [0.05, 0.1) is 6.42 Å². The van der Waals surface area contributed by atoms with Gasteiger partial charge in [0.15, 0.2) is 0 Å². The number of rotatable bonds is 8. The van der Waals surface area contributed by atoms with E-state index in [4.69, 9.17) is 10.8 Å². The fourth-order valence-electron chi connectivity index (χ4n) is 2.00. The Kier molecular flexibility index (Phi) is 6.56. The van der Waals surface area contributed by atoms with Crippen molar-refractivity contribution in [2.45, 2.75) is 45.1 Å². The molecule has 0 spiro atoms. The van der Waals surface area contributed by atoms with Crippen LogP contribution in [0, 0.1) is 0 Å². The maximum atomic E-state index is 11.9. The number of carboxylic acid groups (broad SMARTS) is 1. The predicted octanol–water partition coefficient (Wildman–Crippen LogP) is 1.19. The van der Waals surface area contributed by atoms with Crippen molar-refractivity contribution in [3.8, 4) is 0 Å². The van der Waals surface area contributed by atoms with Crippen LogP contribution in [-0.2, 0) is 20.8 Å². The molecule has 0 saturated carbocycles. The molecule has 2 amide bonds. The number of hydrogen-bond acceptors (Lipinski definition) is 3. The molecular formula is C16H22N2O4. The summed E-state index contributed by atoms with van der Waals surface area (Å²) in [6.45, 7) is 4.16. The van der Waals surface area contributed by atoms with Crippen molar-refractivity contribution >= 4 is 17.8 Å². The second-order valence-electron chi connectivity index (χ2n) is 5.54. The Labute approximate surface area is 129 Å². The Hall–Kier alpha value is -2.37. The third kappa shape index (κ3) is 5.95. The van der Waals surface area contributed by atoms with Crippen LogP contribution >= 0.6 is 0 Å². The third-order valence-electron chi connectivity index (χ3n) is 3.32. The van der Waals surface area contributed by atoms with E-state index in [-0.39, 0.29) is 19.3 Å². The van der Waals surface area contributed by atoms with Crippen LogP contribution < -0.4 is 11.1 Å². The first-order valence-electron chi connectivity index (χ1n) is 7.19. The standard InChI is InChI=1S/C16H22N2O4/c1-10(2)12-5-3-11(4-6-12)9-15(20)18-13(16(21)22)7-8-14(17)19/h3-6,10,13H,7-9H2,1-2H3,(H2,17,19)(H,18,20)(H,21,22)/t13-/m0/s1. The SMILES string of the molecule is CC(C)c1ccc(CC(=O)N[C@@H](CCC(N)=O)C(=O)O)cc1. The molecule has 0 aliphatic rings. The van der Waals surface area contributed by atoms with E-state index in [1.54, 1.807) is 0 Å². The lowest BCUT2D eigenvalue weighted by Crippen LogP contribution is -2.42. The zero-order valence-electron chi connectivity index (χ0n) is 12.8. The number of primary amides is 1. The van der Waals surface area contributed by atoms with E-state index in [2.05, 4.69) is 19.2 Å². The highest BCUT2D eigenvalue weighted by Gasteiger charge is 2.20. The van der Waals surface area contributed by atoms with E-state index in [9.17, 15) is 14.4 Å². The minimum Gasteiger partial charge on any atom is -0.480 e. The zero-order valence-corrected chi connectivity index (χ0v) is 12.8. The molecule has 0 aliphatic heterocycles. The average Bonchev–Trinajstić information content (AvgIpc) is 2.43. The number of nitrogens with one attached hydrogen (secondary N) is 1. The largest absolute Gasteiger partial charge is 0.480 e. The third-order valence-corrected chi connectivity index (χ3v) is 3.32. The monoisotopic (exact) mass is 306 g/mol. The molecule has 1 rings (SSSR count). The number of carboxylic acids is 1. The normalized spacial score (nSPS) is 12.0. The fraction of sp³-hybridized carbons (Fsp3) is 0.438. The van der Waals surface area contributed by atoms with E-state index in [1.165, 1.54) is 5.56 Å². The lowest BCUT2D eigenvalue weighted by molar-refractivity contribution is -0.142. The topological polar surface area (TPSA) is 109 Å². The van der Waals surface area contributed by atoms with Gasteiger partial charge in [0.2, 0.25) is 11.8 Å². The molecule has 22 heavy (non-hydrogen) atoms. The van der Waals surface area contributed by atoms with Crippen LogP contribution in [0.25, 0.3) is 0 Å². The van der Waals surface area contributed by atoms with Gasteiger partial charge >= 0.3 is 5.97 Å². The summed E-state index contributed by atoms with van der Waals surface area (Å²) in [5, 5.41) is 11.4. The summed E-state index contributed by atoms with van der Waals surface area (Å²) in [5.74, 6) is -1.75. The van der Waals surface area contributed by atoms with Crippen LogP contribution in [0.15, 0.2) is 24.3 Å². The second kappa shape index (κ2) is 8.17. The molecule has 6 nitrogen and oxygen atoms in total. The van der Waals surface area contributed by atoms with E-state index < -0.39 is 23.8 Å². The van der Waals surface area contributed by atoms with Crippen molar-refractivity contribution in [3.63, 3.8) is 0 Å². The summed E-state index contributed by atoms with van der Waals surface area (Å²) < 4.78 is 0. The summed E-state index contributed by atoms with van der Waals surface area (Å²) in [5.41, 5.74) is 6.97. The number of hydrogen-bond donors (Lipinski definition) is 3. The number of carbonyl (C=O) groups excluding carboxylic acids is 2. The van der Waals surface area contributed by atoms with Crippen molar-refractivity contribution in [1.82, 2.24) is 5.32 Å². The van der Waals surface area contributed by atoms with E-state index >= 15 is 0 Å². The van der Waals surface area contributed by atoms with Gasteiger partial charge < -0.3 is 16.2 Å². The van der Waals surface area contributed by atoms with E-state index in [0.29, 0.717) is 5.92 Å². The molecule has 0 aromatic heterocycles. The zero-order chi connectivity index (χ0) is 16.7. The van der Waals surface area contributed by atoms with Crippen LogP contribution in [0.2, 0.25) is 0 Å². The number of amides is 2. The molecular weight excluding hydrogens is 284 g/mol. The van der Waals surface area contributed by atoms with Gasteiger partial charge in [0, 0.05) is 6.42 Å². The van der Waals surface area contributed by atoms with Gasteiger partial charge in [0.25, 0.3) is 0 Å². The lowest BCUT2D eigenvalue weighted by Gasteiger charge is -2.14.